The zero-order chi connectivity index (χ0) is 14.0. The quantitative estimate of drug-likeness (QED) is 0.841. The van der Waals surface area contributed by atoms with Crippen molar-refractivity contribution in [3.05, 3.63) is 41.7 Å². The van der Waals surface area contributed by atoms with E-state index in [4.69, 9.17) is 10.5 Å². The van der Waals surface area contributed by atoms with Gasteiger partial charge in [0.1, 0.15) is 5.82 Å². The molecule has 1 aromatic heterocycles. The topological polar surface area (TPSA) is 60.2 Å². The van der Waals surface area contributed by atoms with Gasteiger partial charge in [-0.1, -0.05) is 0 Å². The third-order valence-corrected chi connectivity index (χ3v) is 2.34. The molecular weight excluding hydrogens is 259 g/mol. The maximum Gasteiger partial charge on any atom is 0.238 e. The molecule has 0 bridgehead atoms. The summed E-state index contributed by atoms with van der Waals surface area (Å²) in [7, 11) is 1.39. The number of nitrogen functional groups attached to an aromatic ring is 1. The molecule has 0 atom stereocenters. The molecule has 4 nitrogen and oxygen atoms in total. The average Bonchev–Trinajstić information content (AvgIpc) is 2.38. The fourth-order valence-electron chi connectivity index (χ4n) is 1.46. The first-order chi connectivity index (χ1) is 9.01. The van der Waals surface area contributed by atoms with Crippen molar-refractivity contribution >= 4 is 17.2 Å². The number of ether oxygens (including phenoxy) is 1. The van der Waals surface area contributed by atoms with Crippen LogP contribution in [0, 0.1) is 17.5 Å². The Morgan fingerprint density at radius 3 is 2.37 bits per heavy atom. The van der Waals surface area contributed by atoms with Crippen molar-refractivity contribution in [1.82, 2.24) is 4.98 Å². The Bertz CT molecular complexity index is 596. The van der Waals surface area contributed by atoms with Crippen LogP contribution in [0.1, 0.15) is 0 Å². The van der Waals surface area contributed by atoms with Crippen LogP contribution in [-0.4, -0.2) is 12.1 Å². The van der Waals surface area contributed by atoms with Crippen LogP contribution >= 0.6 is 0 Å². The summed E-state index contributed by atoms with van der Waals surface area (Å²) in [6.07, 6.45) is 0. The van der Waals surface area contributed by atoms with Crippen LogP contribution in [-0.2, 0) is 0 Å². The molecule has 0 saturated carbocycles. The van der Waals surface area contributed by atoms with Gasteiger partial charge >= 0.3 is 0 Å². The van der Waals surface area contributed by atoms with Crippen molar-refractivity contribution in [3.8, 4) is 5.88 Å². The number of pyridine rings is 1. The third kappa shape index (κ3) is 2.70. The van der Waals surface area contributed by atoms with E-state index in [1.165, 1.54) is 19.2 Å². The summed E-state index contributed by atoms with van der Waals surface area (Å²) >= 11 is 0. The smallest absolute Gasteiger partial charge is 0.238 e. The van der Waals surface area contributed by atoms with Gasteiger partial charge in [0.15, 0.2) is 17.5 Å². The number of methoxy groups -OCH3 is 1. The van der Waals surface area contributed by atoms with Gasteiger partial charge in [-0.15, -0.1) is 0 Å². The molecular formula is C12H10F3N3O. The number of halogens is 3. The Morgan fingerprint density at radius 2 is 1.79 bits per heavy atom. The molecule has 2 aromatic rings. The number of hydrogen-bond donors (Lipinski definition) is 2. The molecule has 0 saturated heterocycles. The highest BCUT2D eigenvalue weighted by molar-refractivity contribution is 5.60. The van der Waals surface area contributed by atoms with E-state index in [1.807, 2.05) is 0 Å². The monoisotopic (exact) mass is 269 g/mol. The van der Waals surface area contributed by atoms with Crippen LogP contribution in [0.3, 0.4) is 0 Å². The van der Waals surface area contributed by atoms with E-state index in [9.17, 15) is 13.2 Å². The Labute approximate surface area is 107 Å². The molecule has 0 aliphatic carbocycles. The number of nitrogens with zero attached hydrogens (tertiary/aromatic N) is 1. The molecule has 1 aromatic carbocycles. The van der Waals surface area contributed by atoms with Gasteiger partial charge in [0.25, 0.3) is 0 Å². The normalized spacial score (nSPS) is 10.3. The van der Waals surface area contributed by atoms with Gasteiger partial charge in [-0.05, 0) is 12.1 Å². The Morgan fingerprint density at radius 1 is 1.16 bits per heavy atom. The lowest BCUT2D eigenvalue weighted by atomic mass is 10.3. The number of anilines is 3. The third-order valence-electron chi connectivity index (χ3n) is 2.34. The SMILES string of the molecule is COc1nc(Nc2cc(F)c(F)c(F)c2)ccc1N. The van der Waals surface area contributed by atoms with Crippen LogP contribution in [0.4, 0.5) is 30.4 Å². The number of hydrogen-bond acceptors (Lipinski definition) is 4. The molecule has 0 aliphatic rings. The lowest BCUT2D eigenvalue weighted by molar-refractivity contribution is 0.401. The molecule has 7 heteroatoms. The van der Waals surface area contributed by atoms with Gasteiger partial charge in [0, 0.05) is 17.8 Å². The molecule has 0 radical (unpaired) electrons. The first-order valence-electron chi connectivity index (χ1n) is 5.23. The van der Waals surface area contributed by atoms with Crippen LogP contribution in [0.15, 0.2) is 24.3 Å². The maximum atomic E-state index is 13.0. The highest BCUT2D eigenvalue weighted by atomic mass is 19.2. The predicted molar refractivity (Wildman–Crippen MR) is 64.8 cm³/mol. The van der Waals surface area contributed by atoms with Crippen molar-refractivity contribution in [2.75, 3.05) is 18.2 Å². The highest BCUT2D eigenvalue weighted by Crippen LogP contribution is 2.24. The maximum absolute atomic E-state index is 13.0. The zero-order valence-electron chi connectivity index (χ0n) is 9.88. The molecule has 100 valence electrons. The van der Waals surface area contributed by atoms with Crippen molar-refractivity contribution in [3.63, 3.8) is 0 Å². The zero-order valence-corrected chi connectivity index (χ0v) is 9.88. The Balaban J connectivity index is 2.31. The van der Waals surface area contributed by atoms with Gasteiger partial charge in [-0.2, -0.15) is 4.98 Å². The summed E-state index contributed by atoms with van der Waals surface area (Å²) in [5, 5.41) is 2.62. The minimum atomic E-state index is -1.52. The summed E-state index contributed by atoms with van der Waals surface area (Å²) in [6, 6.07) is 4.66. The summed E-state index contributed by atoms with van der Waals surface area (Å²) in [4.78, 5) is 3.97. The second kappa shape index (κ2) is 5.05. The van der Waals surface area contributed by atoms with Crippen molar-refractivity contribution in [2.45, 2.75) is 0 Å². The van der Waals surface area contributed by atoms with E-state index in [1.54, 1.807) is 0 Å². The van der Waals surface area contributed by atoms with Crippen molar-refractivity contribution in [2.24, 2.45) is 0 Å². The Hall–Kier alpha value is -2.44. The van der Waals surface area contributed by atoms with E-state index in [0.29, 0.717) is 5.69 Å². The van der Waals surface area contributed by atoms with Gasteiger partial charge in [0.2, 0.25) is 5.88 Å². The van der Waals surface area contributed by atoms with E-state index in [-0.39, 0.29) is 17.4 Å². The molecule has 19 heavy (non-hydrogen) atoms. The summed E-state index contributed by atoms with van der Waals surface area (Å²) in [6.45, 7) is 0. The number of nitrogens with one attached hydrogen (secondary N) is 1. The van der Waals surface area contributed by atoms with E-state index in [0.717, 1.165) is 12.1 Å². The van der Waals surface area contributed by atoms with Crippen molar-refractivity contribution in [1.29, 1.82) is 0 Å². The molecule has 0 fully saturated rings. The molecule has 2 rings (SSSR count). The minimum Gasteiger partial charge on any atom is -0.479 e. The van der Waals surface area contributed by atoms with Gasteiger partial charge < -0.3 is 15.8 Å². The van der Waals surface area contributed by atoms with Crippen LogP contribution < -0.4 is 15.8 Å². The number of nitrogens with two attached hydrogens (primary N) is 1. The van der Waals surface area contributed by atoms with Crippen LogP contribution in [0.5, 0.6) is 5.88 Å². The Kier molecular flexibility index (Phi) is 3.46. The van der Waals surface area contributed by atoms with E-state index in [2.05, 4.69) is 10.3 Å². The largest absolute Gasteiger partial charge is 0.479 e. The summed E-state index contributed by atoms with van der Waals surface area (Å²) < 4.78 is 43.8. The highest BCUT2D eigenvalue weighted by Gasteiger charge is 2.11. The second-order valence-corrected chi connectivity index (χ2v) is 3.67. The lowest BCUT2D eigenvalue weighted by Gasteiger charge is -2.09. The molecule has 3 N–H and O–H groups in total. The predicted octanol–water partition coefficient (Wildman–Crippen LogP) is 2.83. The molecule has 0 aliphatic heterocycles. The fourth-order valence-corrected chi connectivity index (χ4v) is 1.46. The fraction of sp³-hybridized carbons (Fsp3) is 0.0833. The first kappa shape index (κ1) is 13.0. The second-order valence-electron chi connectivity index (χ2n) is 3.67. The number of rotatable bonds is 3. The van der Waals surface area contributed by atoms with E-state index < -0.39 is 17.5 Å². The van der Waals surface area contributed by atoms with Crippen LogP contribution in [0.25, 0.3) is 0 Å². The van der Waals surface area contributed by atoms with E-state index >= 15 is 0 Å². The molecule has 0 spiro atoms. The van der Waals surface area contributed by atoms with Crippen molar-refractivity contribution < 1.29 is 17.9 Å². The standard InChI is InChI=1S/C12H10F3N3O/c1-19-12-9(16)2-3-10(18-12)17-6-4-7(13)11(15)8(14)5-6/h2-5H,16H2,1H3,(H,17,18). The molecule has 0 amide bonds. The summed E-state index contributed by atoms with van der Waals surface area (Å²) in [5.41, 5.74) is 5.92. The first-order valence-corrected chi connectivity index (χ1v) is 5.23. The minimum absolute atomic E-state index is 0.0238. The number of aromatic nitrogens is 1. The average molecular weight is 269 g/mol. The molecule has 1 heterocycles. The summed E-state index contributed by atoms with van der Waals surface area (Å²) in [5.74, 6) is -3.66. The van der Waals surface area contributed by atoms with Crippen LogP contribution in [0.2, 0.25) is 0 Å². The lowest BCUT2D eigenvalue weighted by Crippen LogP contribution is -2.01. The van der Waals surface area contributed by atoms with Gasteiger partial charge in [-0.3, -0.25) is 0 Å². The number of benzene rings is 1. The van der Waals surface area contributed by atoms with Gasteiger partial charge in [0.05, 0.1) is 12.8 Å². The van der Waals surface area contributed by atoms with Gasteiger partial charge in [-0.25, -0.2) is 13.2 Å². The molecule has 0 unspecified atom stereocenters.